The zero-order valence-electron chi connectivity index (χ0n) is 19.5. The first-order valence-electron chi connectivity index (χ1n) is 11.1. The van der Waals surface area contributed by atoms with Crippen LogP contribution in [-0.4, -0.2) is 42.3 Å². The Kier molecular flexibility index (Phi) is 8.33. The predicted octanol–water partition coefficient (Wildman–Crippen LogP) is 6.70. The van der Waals surface area contributed by atoms with Gasteiger partial charge in [-0.3, -0.25) is 23.3 Å². The second kappa shape index (κ2) is 10.6. The Morgan fingerprint density at radius 3 is 2.30 bits per heavy atom. The van der Waals surface area contributed by atoms with Crippen LogP contribution in [0.1, 0.15) is 41.5 Å². The van der Waals surface area contributed by atoms with Gasteiger partial charge < -0.3 is 9.84 Å². The van der Waals surface area contributed by atoms with E-state index in [1.807, 2.05) is 0 Å². The van der Waals surface area contributed by atoms with E-state index in [1.165, 1.54) is 13.0 Å². The van der Waals surface area contributed by atoms with Gasteiger partial charge in [0.15, 0.2) is 0 Å². The van der Waals surface area contributed by atoms with Crippen LogP contribution in [0.15, 0.2) is 24.3 Å². The quantitative estimate of drug-likeness (QED) is 0.200. The van der Waals surface area contributed by atoms with E-state index < -0.39 is 82.9 Å². The number of hydrogen-bond acceptors (Lipinski definition) is 4. The Morgan fingerprint density at radius 2 is 1.76 bits per heavy atom. The monoisotopic (exact) mass is 557 g/mol. The van der Waals surface area contributed by atoms with Crippen molar-refractivity contribution in [3.05, 3.63) is 67.5 Å². The molecule has 0 spiro atoms. The number of nitro groups is 1. The van der Waals surface area contributed by atoms with E-state index in [9.17, 15) is 46.0 Å². The van der Waals surface area contributed by atoms with Crippen molar-refractivity contribution in [1.29, 1.82) is 0 Å². The van der Waals surface area contributed by atoms with E-state index in [0.29, 0.717) is 24.1 Å². The molecule has 0 radical (unpaired) electrons. The molecule has 1 aliphatic heterocycles. The Hall–Kier alpha value is -2.60. The SMILES string of the molecule is CC(CC(O)(Cc1cc(C(F)(F)F)cc(Cl)c1F)C(CF)(CF)CF)c1cc([N+](=O)[O-])cc2c1OCC2. The van der Waals surface area contributed by atoms with Crippen LogP contribution >= 0.6 is 11.6 Å². The van der Waals surface area contributed by atoms with E-state index in [4.69, 9.17) is 16.3 Å². The standard InChI is InChI=1S/C24H23ClF7NO4/c1-13(18-7-17(33(35)36)5-14-2-3-37-21(14)18)8-23(34,22(10-26,11-27)12-28)9-15-4-16(24(30,31)32)6-19(25)20(15)29/h4-7,13,34H,2-3,8-12H2,1H3. The molecule has 1 aliphatic rings. The fourth-order valence-corrected chi connectivity index (χ4v) is 4.86. The van der Waals surface area contributed by atoms with Crippen molar-refractivity contribution in [3.8, 4) is 5.75 Å². The lowest BCUT2D eigenvalue weighted by Crippen LogP contribution is -2.55. The molecule has 204 valence electrons. The summed E-state index contributed by atoms with van der Waals surface area (Å²) in [6, 6.07) is 3.09. The Labute approximate surface area is 212 Å². The van der Waals surface area contributed by atoms with Gasteiger partial charge in [0.2, 0.25) is 0 Å². The second-order valence-electron chi connectivity index (χ2n) is 9.30. The summed E-state index contributed by atoms with van der Waals surface area (Å²) in [4.78, 5) is 10.7. The molecule has 13 heteroatoms. The van der Waals surface area contributed by atoms with E-state index >= 15 is 0 Å². The largest absolute Gasteiger partial charge is 0.493 e. The Balaban J connectivity index is 2.13. The first-order valence-corrected chi connectivity index (χ1v) is 11.5. The number of fused-ring (bicyclic) bond motifs is 1. The molecular weight excluding hydrogens is 535 g/mol. The van der Waals surface area contributed by atoms with Gasteiger partial charge in [0.05, 0.1) is 33.1 Å². The topological polar surface area (TPSA) is 72.6 Å². The molecular formula is C24H23ClF7NO4. The number of aliphatic hydroxyl groups is 1. The highest BCUT2D eigenvalue weighted by Crippen LogP contribution is 2.47. The van der Waals surface area contributed by atoms with Crippen LogP contribution in [0.3, 0.4) is 0 Å². The van der Waals surface area contributed by atoms with Crippen molar-refractivity contribution >= 4 is 17.3 Å². The molecule has 0 bridgehead atoms. The van der Waals surface area contributed by atoms with Crippen molar-refractivity contribution in [1.82, 2.24) is 0 Å². The minimum Gasteiger partial charge on any atom is -0.493 e. The van der Waals surface area contributed by atoms with Crippen molar-refractivity contribution in [2.24, 2.45) is 5.41 Å². The zero-order chi connectivity index (χ0) is 27.8. The molecule has 0 amide bonds. The highest BCUT2D eigenvalue weighted by molar-refractivity contribution is 6.30. The first-order chi connectivity index (χ1) is 17.2. The van der Waals surface area contributed by atoms with Crippen LogP contribution in [0.5, 0.6) is 5.75 Å². The summed E-state index contributed by atoms with van der Waals surface area (Å²) in [5.74, 6) is -2.10. The van der Waals surface area contributed by atoms with Crippen LogP contribution in [0.4, 0.5) is 36.4 Å². The molecule has 2 unspecified atom stereocenters. The number of nitrogens with zero attached hydrogens (tertiary/aromatic N) is 1. The average molecular weight is 558 g/mol. The summed E-state index contributed by atoms with van der Waals surface area (Å²) in [7, 11) is 0. The molecule has 5 nitrogen and oxygen atoms in total. The van der Waals surface area contributed by atoms with Crippen molar-refractivity contribution in [2.75, 3.05) is 26.6 Å². The van der Waals surface area contributed by atoms with Crippen molar-refractivity contribution < 1.29 is 45.5 Å². The van der Waals surface area contributed by atoms with Gasteiger partial charge in [-0.05, 0) is 30.0 Å². The summed E-state index contributed by atoms with van der Waals surface area (Å²) >= 11 is 5.62. The molecule has 1 heterocycles. The lowest BCUT2D eigenvalue weighted by atomic mass is 9.66. The molecule has 2 aromatic carbocycles. The normalized spacial score (nSPS) is 16.2. The van der Waals surface area contributed by atoms with Gasteiger partial charge in [0.1, 0.15) is 31.6 Å². The molecule has 3 rings (SSSR count). The maximum atomic E-state index is 14.8. The second-order valence-corrected chi connectivity index (χ2v) is 9.71. The third kappa shape index (κ3) is 5.50. The van der Waals surface area contributed by atoms with E-state index in [-0.39, 0.29) is 23.6 Å². The van der Waals surface area contributed by atoms with Crippen LogP contribution in [0.2, 0.25) is 5.02 Å². The van der Waals surface area contributed by atoms with E-state index in [1.54, 1.807) is 0 Å². The average Bonchev–Trinajstić information content (AvgIpc) is 3.30. The van der Waals surface area contributed by atoms with Crippen LogP contribution < -0.4 is 4.74 Å². The number of non-ortho nitro benzene ring substituents is 1. The highest BCUT2D eigenvalue weighted by atomic mass is 35.5. The smallest absolute Gasteiger partial charge is 0.416 e. The summed E-state index contributed by atoms with van der Waals surface area (Å²) in [6.07, 6.45) is -6.45. The van der Waals surface area contributed by atoms with Crippen molar-refractivity contribution in [3.63, 3.8) is 0 Å². The van der Waals surface area contributed by atoms with Gasteiger partial charge in [-0.15, -0.1) is 0 Å². The lowest BCUT2D eigenvalue weighted by molar-refractivity contribution is -0.385. The minimum absolute atomic E-state index is 0.174. The van der Waals surface area contributed by atoms with Gasteiger partial charge >= 0.3 is 6.18 Å². The molecule has 2 atom stereocenters. The van der Waals surface area contributed by atoms with Crippen LogP contribution in [-0.2, 0) is 19.0 Å². The zero-order valence-corrected chi connectivity index (χ0v) is 20.2. The summed E-state index contributed by atoms with van der Waals surface area (Å²) < 4.78 is 103. The minimum atomic E-state index is -4.96. The van der Waals surface area contributed by atoms with Gasteiger partial charge in [-0.25, -0.2) is 4.39 Å². The summed E-state index contributed by atoms with van der Waals surface area (Å²) in [5, 5.41) is 22.0. The molecule has 1 N–H and O–H groups in total. The van der Waals surface area contributed by atoms with Gasteiger partial charge in [0.25, 0.3) is 5.69 Å². The van der Waals surface area contributed by atoms with Gasteiger partial charge in [-0.2, -0.15) is 13.2 Å². The lowest BCUT2D eigenvalue weighted by Gasteiger charge is -2.44. The van der Waals surface area contributed by atoms with E-state index in [0.717, 1.165) is 6.07 Å². The highest BCUT2D eigenvalue weighted by Gasteiger charge is 2.53. The third-order valence-corrected chi connectivity index (χ3v) is 7.13. The molecule has 37 heavy (non-hydrogen) atoms. The van der Waals surface area contributed by atoms with Crippen LogP contribution in [0.25, 0.3) is 0 Å². The first kappa shape index (κ1) is 29.0. The van der Waals surface area contributed by atoms with Gasteiger partial charge in [0, 0.05) is 36.1 Å². The number of alkyl halides is 6. The molecule has 0 aliphatic carbocycles. The summed E-state index contributed by atoms with van der Waals surface area (Å²) in [5.41, 5.74) is -7.42. The maximum Gasteiger partial charge on any atom is 0.416 e. The fraction of sp³-hybridized carbons (Fsp3) is 0.500. The Morgan fingerprint density at radius 1 is 1.14 bits per heavy atom. The van der Waals surface area contributed by atoms with Crippen molar-refractivity contribution in [2.45, 2.75) is 43.9 Å². The predicted molar refractivity (Wildman–Crippen MR) is 121 cm³/mol. The molecule has 0 aromatic heterocycles. The van der Waals surface area contributed by atoms with Gasteiger partial charge in [-0.1, -0.05) is 18.5 Å². The molecule has 0 saturated heterocycles. The summed E-state index contributed by atoms with van der Waals surface area (Å²) in [6.45, 7) is -3.68. The Bertz CT molecular complexity index is 1160. The number of hydrogen-bond donors (Lipinski definition) is 1. The molecule has 2 aromatic rings. The number of rotatable bonds is 10. The number of nitro benzene ring substituents is 1. The van der Waals surface area contributed by atoms with Crippen LogP contribution in [0, 0.1) is 21.3 Å². The molecule has 0 fully saturated rings. The number of ether oxygens (including phenoxy) is 1. The third-order valence-electron chi connectivity index (χ3n) is 6.85. The van der Waals surface area contributed by atoms with E-state index in [2.05, 4.69) is 0 Å². The fourth-order valence-electron chi connectivity index (χ4n) is 4.62. The maximum absolute atomic E-state index is 14.8. The number of halogens is 8. The molecule has 0 saturated carbocycles. The number of benzene rings is 2.